The molecule has 0 saturated carbocycles. The highest BCUT2D eigenvalue weighted by molar-refractivity contribution is 5.89. The molecule has 4 nitrogen and oxygen atoms in total. The third-order valence-electron chi connectivity index (χ3n) is 4.60. The Labute approximate surface area is 183 Å². The summed E-state index contributed by atoms with van der Waals surface area (Å²) in [4.78, 5) is 11.5. The Hall–Kier alpha value is -3.81. The van der Waals surface area contributed by atoms with Crippen molar-refractivity contribution in [3.8, 4) is 28.7 Å². The van der Waals surface area contributed by atoms with E-state index < -0.39 is 0 Å². The molecule has 0 amide bonds. The van der Waals surface area contributed by atoms with Crippen LogP contribution in [0.5, 0.6) is 5.75 Å². The zero-order valence-corrected chi connectivity index (χ0v) is 17.8. The number of hydrogen-bond acceptors (Lipinski definition) is 4. The maximum Gasteiger partial charge on any atom is 0.337 e. The molecule has 0 atom stereocenters. The molecule has 3 aromatic rings. The van der Waals surface area contributed by atoms with Gasteiger partial charge < -0.3 is 14.2 Å². The van der Waals surface area contributed by atoms with Gasteiger partial charge in [-0.25, -0.2) is 4.79 Å². The lowest BCUT2D eigenvalue weighted by molar-refractivity contribution is 0.0511. The fourth-order valence-corrected chi connectivity index (χ4v) is 2.94. The minimum atomic E-state index is -0.360. The standard InChI is InChI=1S/C27H24O4/c1-20-8-12-23(13-9-20)26-18-25(31-19-29-2)17-16-22(26)7-5-4-6-21-10-14-24(15-11-21)27(28)30-3/h5,7-18H,19H2,1-3H3/b7-5+. The Kier molecular flexibility index (Phi) is 7.64. The Morgan fingerprint density at radius 1 is 0.968 bits per heavy atom. The van der Waals surface area contributed by atoms with Crippen molar-refractivity contribution in [1.82, 2.24) is 0 Å². The van der Waals surface area contributed by atoms with Gasteiger partial charge in [-0.3, -0.25) is 0 Å². The summed E-state index contributed by atoms with van der Waals surface area (Å²) in [6.07, 6.45) is 3.79. The minimum Gasteiger partial charge on any atom is -0.468 e. The van der Waals surface area contributed by atoms with Gasteiger partial charge >= 0.3 is 5.97 Å². The van der Waals surface area contributed by atoms with E-state index in [2.05, 4.69) is 43.0 Å². The molecule has 31 heavy (non-hydrogen) atoms. The third-order valence-corrected chi connectivity index (χ3v) is 4.60. The van der Waals surface area contributed by atoms with Crippen LogP contribution in [0.1, 0.15) is 27.0 Å². The van der Waals surface area contributed by atoms with Gasteiger partial charge in [0.05, 0.1) is 12.7 Å². The topological polar surface area (TPSA) is 44.8 Å². The van der Waals surface area contributed by atoms with Crippen LogP contribution in [0, 0.1) is 18.8 Å². The summed E-state index contributed by atoms with van der Waals surface area (Å²) in [7, 11) is 2.96. The van der Waals surface area contributed by atoms with E-state index in [-0.39, 0.29) is 12.8 Å². The van der Waals surface area contributed by atoms with Crippen molar-refractivity contribution in [2.75, 3.05) is 21.0 Å². The molecular weight excluding hydrogens is 388 g/mol. The van der Waals surface area contributed by atoms with Gasteiger partial charge in [0, 0.05) is 12.7 Å². The molecule has 4 heteroatoms. The van der Waals surface area contributed by atoms with E-state index in [1.165, 1.54) is 12.7 Å². The maximum atomic E-state index is 11.5. The highest BCUT2D eigenvalue weighted by Gasteiger charge is 2.06. The van der Waals surface area contributed by atoms with Crippen molar-refractivity contribution in [2.45, 2.75) is 6.92 Å². The molecule has 0 aliphatic heterocycles. The Morgan fingerprint density at radius 2 is 1.71 bits per heavy atom. The van der Waals surface area contributed by atoms with Crippen LogP contribution >= 0.6 is 0 Å². The maximum absolute atomic E-state index is 11.5. The number of carbonyl (C=O) groups is 1. The summed E-state index contributed by atoms with van der Waals surface area (Å²) in [5.41, 5.74) is 5.70. The van der Waals surface area contributed by atoms with E-state index >= 15 is 0 Å². The van der Waals surface area contributed by atoms with E-state index in [1.807, 2.05) is 30.4 Å². The van der Waals surface area contributed by atoms with Gasteiger partial charge in [-0.05, 0) is 72.2 Å². The molecule has 156 valence electrons. The van der Waals surface area contributed by atoms with Gasteiger partial charge in [-0.15, -0.1) is 0 Å². The minimum absolute atomic E-state index is 0.197. The Bertz CT molecular complexity index is 1110. The number of carbonyl (C=O) groups excluding carboxylic acids is 1. The monoisotopic (exact) mass is 412 g/mol. The number of esters is 1. The average Bonchev–Trinajstić information content (AvgIpc) is 2.81. The molecule has 0 spiro atoms. The van der Waals surface area contributed by atoms with Crippen LogP contribution in [0.4, 0.5) is 0 Å². The highest BCUT2D eigenvalue weighted by atomic mass is 16.7. The summed E-state index contributed by atoms with van der Waals surface area (Å²) in [5, 5.41) is 0. The quantitative estimate of drug-likeness (QED) is 0.305. The van der Waals surface area contributed by atoms with Crippen LogP contribution in [0.2, 0.25) is 0 Å². The van der Waals surface area contributed by atoms with Crippen LogP contribution in [0.15, 0.2) is 72.8 Å². The van der Waals surface area contributed by atoms with Crippen LogP contribution < -0.4 is 4.74 Å². The summed E-state index contributed by atoms with van der Waals surface area (Å²) in [5.74, 6) is 6.51. The molecule has 0 unspecified atom stereocenters. The molecule has 0 aliphatic rings. The summed E-state index contributed by atoms with van der Waals surface area (Å²) in [6, 6.07) is 21.3. The largest absolute Gasteiger partial charge is 0.468 e. The van der Waals surface area contributed by atoms with Crippen molar-refractivity contribution in [2.24, 2.45) is 0 Å². The van der Waals surface area contributed by atoms with E-state index in [1.54, 1.807) is 31.4 Å². The second kappa shape index (κ2) is 10.8. The molecule has 0 saturated heterocycles. The zero-order chi connectivity index (χ0) is 22.1. The summed E-state index contributed by atoms with van der Waals surface area (Å²) < 4.78 is 15.3. The van der Waals surface area contributed by atoms with E-state index in [4.69, 9.17) is 14.2 Å². The number of ether oxygens (including phenoxy) is 3. The van der Waals surface area contributed by atoms with E-state index in [0.29, 0.717) is 5.56 Å². The number of rotatable bonds is 6. The van der Waals surface area contributed by atoms with Gasteiger partial charge in [0.2, 0.25) is 0 Å². The Balaban J connectivity index is 1.83. The lowest BCUT2D eigenvalue weighted by atomic mass is 9.98. The van der Waals surface area contributed by atoms with Crippen LogP contribution in [-0.2, 0) is 9.47 Å². The van der Waals surface area contributed by atoms with Crippen LogP contribution in [-0.4, -0.2) is 27.0 Å². The molecule has 0 bridgehead atoms. The lowest BCUT2D eigenvalue weighted by Crippen LogP contribution is -2.00. The van der Waals surface area contributed by atoms with Crippen molar-refractivity contribution in [3.05, 3.63) is 95.1 Å². The summed E-state index contributed by atoms with van der Waals surface area (Å²) >= 11 is 0. The van der Waals surface area contributed by atoms with Gasteiger partial charge in [-0.1, -0.05) is 47.7 Å². The molecule has 3 aromatic carbocycles. The smallest absolute Gasteiger partial charge is 0.337 e. The van der Waals surface area contributed by atoms with Crippen molar-refractivity contribution >= 4 is 12.0 Å². The van der Waals surface area contributed by atoms with Gasteiger partial charge in [0.15, 0.2) is 6.79 Å². The predicted octanol–water partition coefficient (Wildman–Crippen LogP) is 5.50. The van der Waals surface area contributed by atoms with Gasteiger partial charge in [-0.2, -0.15) is 0 Å². The molecular formula is C27H24O4. The normalized spacial score (nSPS) is 10.4. The molecule has 3 rings (SSSR count). The first kappa shape index (κ1) is 21.9. The molecule has 0 radical (unpaired) electrons. The number of allylic oxidation sites excluding steroid dienone is 1. The number of methoxy groups -OCH3 is 2. The zero-order valence-electron chi connectivity index (χ0n) is 17.8. The molecule has 0 aromatic heterocycles. The second-order valence-corrected chi connectivity index (χ2v) is 6.84. The van der Waals surface area contributed by atoms with Gasteiger partial charge in [0.1, 0.15) is 5.75 Å². The van der Waals surface area contributed by atoms with Gasteiger partial charge in [0.25, 0.3) is 0 Å². The van der Waals surface area contributed by atoms with Crippen molar-refractivity contribution in [3.63, 3.8) is 0 Å². The Morgan fingerprint density at radius 3 is 2.39 bits per heavy atom. The fraction of sp³-hybridized carbons (Fsp3) is 0.148. The first-order chi connectivity index (χ1) is 15.1. The second-order valence-electron chi connectivity index (χ2n) is 6.84. The third kappa shape index (κ3) is 6.08. The van der Waals surface area contributed by atoms with Crippen molar-refractivity contribution in [1.29, 1.82) is 0 Å². The highest BCUT2D eigenvalue weighted by Crippen LogP contribution is 2.29. The molecule has 0 aliphatic carbocycles. The number of aryl methyl sites for hydroxylation is 1. The van der Waals surface area contributed by atoms with E-state index in [0.717, 1.165) is 28.0 Å². The average molecular weight is 412 g/mol. The molecule has 0 N–H and O–H groups in total. The predicted molar refractivity (Wildman–Crippen MR) is 123 cm³/mol. The SMILES string of the molecule is COCOc1ccc(/C=C/C#Cc2ccc(C(=O)OC)cc2)c(-c2ccc(C)cc2)c1. The molecule has 0 fully saturated rings. The first-order valence-corrected chi connectivity index (χ1v) is 9.80. The molecule has 0 heterocycles. The number of benzene rings is 3. The summed E-state index contributed by atoms with van der Waals surface area (Å²) in [6.45, 7) is 2.26. The fourth-order valence-electron chi connectivity index (χ4n) is 2.94. The number of hydrogen-bond donors (Lipinski definition) is 0. The van der Waals surface area contributed by atoms with Crippen LogP contribution in [0.3, 0.4) is 0 Å². The lowest BCUT2D eigenvalue weighted by Gasteiger charge is -2.11. The van der Waals surface area contributed by atoms with Crippen LogP contribution in [0.25, 0.3) is 17.2 Å². The van der Waals surface area contributed by atoms with Crippen molar-refractivity contribution < 1.29 is 19.0 Å². The van der Waals surface area contributed by atoms with E-state index in [9.17, 15) is 4.79 Å². The first-order valence-electron chi connectivity index (χ1n) is 9.80.